The lowest BCUT2D eigenvalue weighted by Crippen LogP contribution is -2.63. The molecule has 0 saturated carbocycles. The highest BCUT2D eigenvalue weighted by molar-refractivity contribution is 5.88. The number of amides is 2. The van der Waals surface area contributed by atoms with E-state index in [0.29, 0.717) is 26.1 Å². The van der Waals surface area contributed by atoms with Crippen LogP contribution in [0.3, 0.4) is 0 Å². The maximum Gasteiger partial charge on any atom is 0.254 e. The summed E-state index contributed by atoms with van der Waals surface area (Å²) in [5.41, 5.74) is 1.57. The Morgan fingerprint density at radius 3 is 2.33 bits per heavy atom. The van der Waals surface area contributed by atoms with Crippen molar-refractivity contribution in [3.8, 4) is 11.1 Å². The minimum Gasteiger partial charge on any atom is -0.361 e. The molecule has 1 aromatic carbocycles. The second kappa shape index (κ2) is 8.96. The smallest absolute Gasteiger partial charge is 0.254 e. The molecule has 2 amide bonds. The summed E-state index contributed by atoms with van der Waals surface area (Å²) in [4.78, 5) is 31.8. The van der Waals surface area contributed by atoms with Crippen LogP contribution in [0, 0.1) is 5.41 Å². The molecule has 2 heterocycles. The summed E-state index contributed by atoms with van der Waals surface area (Å²) in [7, 11) is 0. The molecule has 30 heavy (non-hydrogen) atoms. The topological polar surface area (TPSA) is 71.5 Å². The first-order valence-corrected chi connectivity index (χ1v) is 10.5. The molecule has 0 spiro atoms. The van der Waals surface area contributed by atoms with Gasteiger partial charge in [-0.1, -0.05) is 45.0 Å². The van der Waals surface area contributed by atoms with Gasteiger partial charge >= 0.3 is 0 Å². The Morgan fingerprint density at radius 1 is 1.10 bits per heavy atom. The van der Waals surface area contributed by atoms with E-state index in [4.69, 9.17) is 4.74 Å². The molecule has 1 atom stereocenters. The second-order valence-corrected chi connectivity index (χ2v) is 8.79. The van der Waals surface area contributed by atoms with Crippen LogP contribution >= 0.6 is 0 Å². The molecule has 1 aliphatic rings. The van der Waals surface area contributed by atoms with Gasteiger partial charge in [-0.15, -0.1) is 0 Å². The molecule has 1 saturated heterocycles. The van der Waals surface area contributed by atoms with Gasteiger partial charge in [-0.2, -0.15) is 0 Å². The van der Waals surface area contributed by atoms with Gasteiger partial charge in [0.1, 0.15) is 0 Å². The minimum absolute atomic E-state index is 0.0347. The third-order valence-electron chi connectivity index (χ3n) is 5.32. The fourth-order valence-electron chi connectivity index (χ4n) is 3.77. The fraction of sp³-hybridized carbons (Fsp3) is 0.458. The van der Waals surface area contributed by atoms with E-state index in [-0.39, 0.29) is 18.4 Å². The van der Waals surface area contributed by atoms with Crippen molar-refractivity contribution in [2.75, 3.05) is 26.2 Å². The summed E-state index contributed by atoms with van der Waals surface area (Å²) in [6.07, 6.45) is 3.94. The zero-order chi connectivity index (χ0) is 21.8. The Balaban J connectivity index is 1.85. The Kier molecular flexibility index (Phi) is 6.56. The standard InChI is InChI=1S/C24H31N3O3/c1-5-26-21(28)24(17-27(14-15-30-24)22(29)23(2,3)4)16-18-6-8-19(9-7-18)20-10-12-25-13-11-20/h6-13H,5,14-17H2,1-4H3,(H,26,28)/t24-/m0/s1. The van der Waals surface area contributed by atoms with Crippen molar-refractivity contribution in [3.05, 3.63) is 54.4 Å². The summed E-state index contributed by atoms with van der Waals surface area (Å²) in [5, 5.41) is 2.90. The van der Waals surface area contributed by atoms with E-state index in [9.17, 15) is 9.59 Å². The third kappa shape index (κ3) is 4.87. The highest BCUT2D eigenvalue weighted by Crippen LogP contribution is 2.28. The van der Waals surface area contributed by atoms with Gasteiger partial charge in [0.2, 0.25) is 5.91 Å². The van der Waals surface area contributed by atoms with Crippen LogP contribution in [-0.2, 0) is 20.7 Å². The predicted octanol–water partition coefficient (Wildman–Crippen LogP) is 3.07. The number of morpholine rings is 1. The van der Waals surface area contributed by atoms with E-state index >= 15 is 0 Å². The van der Waals surface area contributed by atoms with Crippen LogP contribution in [0.1, 0.15) is 33.3 Å². The summed E-state index contributed by atoms with van der Waals surface area (Å²) >= 11 is 0. The molecule has 1 aromatic heterocycles. The first-order valence-electron chi connectivity index (χ1n) is 10.5. The fourth-order valence-corrected chi connectivity index (χ4v) is 3.77. The minimum atomic E-state index is -1.09. The summed E-state index contributed by atoms with van der Waals surface area (Å²) in [6, 6.07) is 12.0. The van der Waals surface area contributed by atoms with Crippen molar-refractivity contribution in [2.45, 2.75) is 39.7 Å². The van der Waals surface area contributed by atoms with E-state index < -0.39 is 11.0 Å². The lowest BCUT2D eigenvalue weighted by molar-refractivity contribution is -0.169. The first kappa shape index (κ1) is 22.0. The van der Waals surface area contributed by atoms with Crippen LogP contribution in [0.2, 0.25) is 0 Å². The zero-order valence-electron chi connectivity index (χ0n) is 18.3. The van der Waals surface area contributed by atoms with E-state index in [1.165, 1.54) is 0 Å². The number of pyridine rings is 1. The first-order chi connectivity index (χ1) is 14.2. The predicted molar refractivity (Wildman–Crippen MR) is 117 cm³/mol. The van der Waals surface area contributed by atoms with E-state index in [1.54, 1.807) is 17.3 Å². The lowest BCUT2D eigenvalue weighted by Gasteiger charge is -2.43. The molecule has 0 bridgehead atoms. The van der Waals surface area contributed by atoms with E-state index in [1.807, 2.05) is 64.1 Å². The number of aromatic nitrogens is 1. The molecule has 1 aliphatic heterocycles. The monoisotopic (exact) mass is 409 g/mol. The van der Waals surface area contributed by atoms with E-state index in [2.05, 4.69) is 10.3 Å². The zero-order valence-corrected chi connectivity index (χ0v) is 18.3. The molecule has 6 nitrogen and oxygen atoms in total. The van der Waals surface area contributed by atoms with Gasteiger partial charge in [-0.05, 0) is 35.7 Å². The quantitative estimate of drug-likeness (QED) is 0.824. The molecule has 0 aliphatic carbocycles. The number of nitrogens with one attached hydrogen (secondary N) is 1. The molecule has 0 unspecified atom stereocenters. The summed E-state index contributed by atoms with van der Waals surface area (Å²) in [6.45, 7) is 9.19. The second-order valence-electron chi connectivity index (χ2n) is 8.79. The SMILES string of the molecule is CCNC(=O)[C@]1(Cc2ccc(-c3ccncc3)cc2)CN(C(=O)C(C)(C)C)CCO1. The highest BCUT2D eigenvalue weighted by atomic mass is 16.5. The number of benzene rings is 1. The maximum atomic E-state index is 13.0. The Labute approximate surface area is 178 Å². The van der Waals surface area contributed by atoms with Crippen molar-refractivity contribution in [1.82, 2.24) is 15.2 Å². The van der Waals surface area contributed by atoms with Gasteiger partial charge in [-0.3, -0.25) is 14.6 Å². The number of ether oxygens (including phenoxy) is 1. The van der Waals surface area contributed by atoms with Crippen molar-refractivity contribution >= 4 is 11.8 Å². The number of likely N-dealkylation sites (N-methyl/N-ethyl adjacent to an activating group) is 1. The van der Waals surface area contributed by atoms with Crippen LogP contribution in [0.4, 0.5) is 0 Å². The van der Waals surface area contributed by atoms with Crippen LogP contribution in [-0.4, -0.2) is 53.5 Å². The normalized spacial score (nSPS) is 19.4. The molecule has 1 fully saturated rings. The molecular weight excluding hydrogens is 378 g/mol. The van der Waals surface area contributed by atoms with Crippen LogP contribution in [0.15, 0.2) is 48.8 Å². The average Bonchev–Trinajstić information content (AvgIpc) is 2.74. The van der Waals surface area contributed by atoms with Gasteiger partial charge in [-0.25, -0.2) is 0 Å². The number of rotatable bonds is 5. The van der Waals surface area contributed by atoms with Gasteiger partial charge in [0, 0.05) is 37.3 Å². The van der Waals surface area contributed by atoms with Gasteiger partial charge < -0.3 is 15.0 Å². The largest absolute Gasteiger partial charge is 0.361 e. The number of hydrogen-bond donors (Lipinski definition) is 1. The van der Waals surface area contributed by atoms with Crippen LogP contribution in [0.25, 0.3) is 11.1 Å². The lowest BCUT2D eigenvalue weighted by atomic mass is 9.88. The summed E-state index contributed by atoms with van der Waals surface area (Å²) in [5.74, 6) is -0.137. The molecule has 160 valence electrons. The van der Waals surface area contributed by atoms with Crippen molar-refractivity contribution in [1.29, 1.82) is 0 Å². The Hall–Kier alpha value is -2.73. The number of carbonyl (C=O) groups excluding carboxylic acids is 2. The van der Waals surface area contributed by atoms with Crippen LogP contribution in [0.5, 0.6) is 0 Å². The molecule has 6 heteroatoms. The number of carbonyl (C=O) groups is 2. The molecule has 3 rings (SSSR count). The molecule has 2 aromatic rings. The maximum absolute atomic E-state index is 13.0. The van der Waals surface area contributed by atoms with Gasteiger partial charge in [0.25, 0.3) is 5.91 Å². The van der Waals surface area contributed by atoms with Crippen molar-refractivity contribution in [2.24, 2.45) is 5.41 Å². The van der Waals surface area contributed by atoms with Crippen molar-refractivity contribution in [3.63, 3.8) is 0 Å². The summed E-state index contributed by atoms with van der Waals surface area (Å²) < 4.78 is 6.08. The van der Waals surface area contributed by atoms with Gasteiger partial charge in [0.05, 0.1) is 13.2 Å². The number of nitrogens with zero attached hydrogens (tertiary/aromatic N) is 2. The molecular formula is C24H31N3O3. The molecule has 1 N–H and O–H groups in total. The van der Waals surface area contributed by atoms with E-state index in [0.717, 1.165) is 16.7 Å². The molecule has 0 radical (unpaired) electrons. The Morgan fingerprint density at radius 2 is 1.73 bits per heavy atom. The average molecular weight is 410 g/mol. The Bertz CT molecular complexity index is 875. The van der Waals surface area contributed by atoms with Crippen LogP contribution < -0.4 is 5.32 Å². The highest BCUT2D eigenvalue weighted by Gasteiger charge is 2.46. The van der Waals surface area contributed by atoms with Crippen molar-refractivity contribution < 1.29 is 14.3 Å². The van der Waals surface area contributed by atoms with Gasteiger partial charge in [0.15, 0.2) is 5.60 Å². The number of hydrogen-bond acceptors (Lipinski definition) is 4. The third-order valence-corrected chi connectivity index (χ3v) is 5.32.